The summed E-state index contributed by atoms with van der Waals surface area (Å²) in [6.07, 6.45) is -0.156. The van der Waals surface area contributed by atoms with Crippen molar-refractivity contribution in [3.8, 4) is 6.07 Å². The highest BCUT2D eigenvalue weighted by Crippen LogP contribution is 1.91. The number of hydrogen-bond acceptors (Lipinski definition) is 3. The molecule has 0 atom stereocenters. The maximum absolute atomic E-state index is 10.7. The molecule has 0 heterocycles. The summed E-state index contributed by atoms with van der Waals surface area (Å²) in [4.78, 5) is 10.7. The Labute approximate surface area is 72.9 Å². The van der Waals surface area contributed by atoms with Gasteiger partial charge in [0.2, 0.25) is 0 Å². The molecule has 0 unspecified atom stereocenters. The van der Waals surface area contributed by atoms with Crippen LogP contribution >= 0.6 is 0 Å². The zero-order valence-corrected chi connectivity index (χ0v) is 7.83. The molecule has 0 aliphatic heterocycles. The minimum atomic E-state index is -0.439. The maximum atomic E-state index is 10.7. The van der Waals surface area contributed by atoms with Gasteiger partial charge in [-0.1, -0.05) is 0 Å². The molecule has 12 heavy (non-hydrogen) atoms. The Morgan fingerprint density at radius 1 is 1.50 bits per heavy atom. The number of nitrogens with zero attached hydrogens (tertiary/aromatic N) is 2. The van der Waals surface area contributed by atoms with Gasteiger partial charge in [0, 0.05) is 0 Å². The second kappa shape index (κ2) is 4.73. The molecule has 0 amide bonds. The van der Waals surface area contributed by atoms with Gasteiger partial charge in [-0.25, -0.2) is 0 Å². The second-order valence-electron chi connectivity index (χ2n) is 3.57. The van der Waals surface area contributed by atoms with Crippen LogP contribution in [0, 0.1) is 11.3 Å². The molecule has 0 saturated carbocycles. The number of esters is 1. The minimum absolute atomic E-state index is 0.156. The SMILES string of the molecule is C[N+](C)(C)CCOC(=O)CC#N. The van der Waals surface area contributed by atoms with Crippen LogP contribution in [0.5, 0.6) is 0 Å². The van der Waals surface area contributed by atoms with Crippen LogP contribution in [0.2, 0.25) is 0 Å². The normalized spacial score (nSPS) is 10.5. The lowest BCUT2D eigenvalue weighted by Crippen LogP contribution is -2.37. The Morgan fingerprint density at radius 2 is 2.08 bits per heavy atom. The van der Waals surface area contributed by atoms with Gasteiger partial charge in [0.25, 0.3) is 0 Å². The lowest BCUT2D eigenvalue weighted by atomic mass is 10.5. The van der Waals surface area contributed by atoms with Gasteiger partial charge in [0.05, 0.1) is 27.2 Å². The van der Waals surface area contributed by atoms with Gasteiger partial charge in [-0.15, -0.1) is 0 Å². The van der Waals surface area contributed by atoms with Gasteiger partial charge in [0.15, 0.2) is 0 Å². The molecular formula is C8H15N2O2+. The van der Waals surface area contributed by atoms with Crippen LogP contribution in [0.3, 0.4) is 0 Å². The van der Waals surface area contributed by atoms with Crippen molar-refractivity contribution in [3.05, 3.63) is 0 Å². The molecule has 0 saturated heterocycles. The lowest BCUT2D eigenvalue weighted by Gasteiger charge is -2.23. The van der Waals surface area contributed by atoms with Gasteiger partial charge >= 0.3 is 5.97 Å². The Bertz CT molecular complexity index is 188. The molecule has 0 aromatic carbocycles. The van der Waals surface area contributed by atoms with Crippen LogP contribution in [-0.4, -0.2) is 44.7 Å². The Hall–Kier alpha value is -1.08. The van der Waals surface area contributed by atoms with Gasteiger partial charge in [-0.3, -0.25) is 4.79 Å². The molecule has 68 valence electrons. The fourth-order valence-corrected chi connectivity index (χ4v) is 0.549. The molecule has 0 N–H and O–H groups in total. The van der Waals surface area contributed by atoms with E-state index in [-0.39, 0.29) is 6.42 Å². The lowest BCUT2D eigenvalue weighted by molar-refractivity contribution is -0.870. The van der Waals surface area contributed by atoms with E-state index in [4.69, 9.17) is 10.00 Å². The van der Waals surface area contributed by atoms with Gasteiger partial charge in [0.1, 0.15) is 19.6 Å². The third-order valence-corrected chi connectivity index (χ3v) is 1.25. The van der Waals surface area contributed by atoms with Crippen LogP contribution in [-0.2, 0) is 9.53 Å². The summed E-state index contributed by atoms with van der Waals surface area (Å²) in [5, 5.41) is 8.14. The number of hydrogen-bond donors (Lipinski definition) is 0. The summed E-state index contributed by atoms with van der Waals surface area (Å²) in [6, 6.07) is 1.74. The third kappa shape index (κ3) is 7.03. The Morgan fingerprint density at radius 3 is 2.50 bits per heavy atom. The summed E-state index contributed by atoms with van der Waals surface area (Å²) in [5.41, 5.74) is 0. The summed E-state index contributed by atoms with van der Waals surface area (Å²) >= 11 is 0. The fraction of sp³-hybridized carbons (Fsp3) is 0.750. The van der Waals surface area contributed by atoms with Crippen LogP contribution in [0.15, 0.2) is 0 Å². The van der Waals surface area contributed by atoms with Gasteiger partial charge in [-0.2, -0.15) is 5.26 Å². The average Bonchev–Trinajstić information content (AvgIpc) is 1.84. The van der Waals surface area contributed by atoms with E-state index in [0.717, 1.165) is 11.0 Å². The van der Waals surface area contributed by atoms with Crippen molar-refractivity contribution in [2.24, 2.45) is 0 Å². The van der Waals surface area contributed by atoms with Crippen LogP contribution < -0.4 is 0 Å². The first kappa shape index (κ1) is 10.9. The molecule has 4 heteroatoms. The summed E-state index contributed by atoms with van der Waals surface area (Å²) in [5.74, 6) is -0.439. The summed E-state index contributed by atoms with van der Waals surface area (Å²) < 4.78 is 5.53. The van der Waals surface area contributed by atoms with Crippen molar-refractivity contribution in [1.82, 2.24) is 0 Å². The predicted molar refractivity (Wildman–Crippen MR) is 44.1 cm³/mol. The molecule has 4 nitrogen and oxygen atoms in total. The fourth-order valence-electron chi connectivity index (χ4n) is 0.549. The highest BCUT2D eigenvalue weighted by Gasteiger charge is 2.08. The zero-order chi connectivity index (χ0) is 9.61. The van der Waals surface area contributed by atoms with E-state index in [1.807, 2.05) is 21.1 Å². The highest BCUT2D eigenvalue weighted by molar-refractivity contribution is 5.71. The van der Waals surface area contributed by atoms with Gasteiger partial charge < -0.3 is 9.22 Å². The molecule has 0 fully saturated rings. The number of quaternary nitrogens is 1. The quantitative estimate of drug-likeness (QED) is 0.447. The van der Waals surface area contributed by atoms with Crippen molar-refractivity contribution < 1.29 is 14.0 Å². The Kier molecular flexibility index (Phi) is 4.30. The molecule has 0 spiro atoms. The average molecular weight is 171 g/mol. The summed E-state index contributed by atoms with van der Waals surface area (Å²) in [6.45, 7) is 1.14. The van der Waals surface area contributed by atoms with Crippen LogP contribution in [0.25, 0.3) is 0 Å². The van der Waals surface area contributed by atoms with E-state index in [0.29, 0.717) is 6.61 Å². The Balaban J connectivity index is 3.45. The van der Waals surface area contributed by atoms with Crippen molar-refractivity contribution >= 4 is 5.97 Å². The van der Waals surface area contributed by atoms with E-state index in [9.17, 15) is 4.79 Å². The first-order valence-corrected chi connectivity index (χ1v) is 3.79. The molecule has 0 radical (unpaired) electrons. The van der Waals surface area contributed by atoms with E-state index in [1.54, 1.807) is 6.07 Å². The monoisotopic (exact) mass is 171 g/mol. The van der Waals surface area contributed by atoms with Gasteiger partial charge in [-0.05, 0) is 0 Å². The first-order valence-electron chi connectivity index (χ1n) is 3.79. The summed E-state index contributed by atoms with van der Waals surface area (Å²) in [7, 11) is 6.04. The first-order chi connectivity index (χ1) is 5.45. The van der Waals surface area contributed by atoms with Crippen molar-refractivity contribution in [3.63, 3.8) is 0 Å². The smallest absolute Gasteiger partial charge is 0.320 e. The molecule has 0 aliphatic carbocycles. The number of rotatable bonds is 4. The molecule has 0 rings (SSSR count). The highest BCUT2D eigenvalue weighted by atomic mass is 16.5. The largest absolute Gasteiger partial charge is 0.459 e. The van der Waals surface area contributed by atoms with Crippen molar-refractivity contribution in [1.29, 1.82) is 5.26 Å². The molecule has 0 aromatic rings. The van der Waals surface area contributed by atoms with E-state index >= 15 is 0 Å². The third-order valence-electron chi connectivity index (χ3n) is 1.25. The minimum Gasteiger partial charge on any atom is -0.459 e. The zero-order valence-electron chi connectivity index (χ0n) is 7.83. The maximum Gasteiger partial charge on any atom is 0.320 e. The van der Waals surface area contributed by atoms with E-state index < -0.39 is 5.97 Å². The second-order valence-corrected chi connectivity index (χ2v) is 3.57. The standard InChI is InChI=1S/C8H15N2O2/c1-10(2,3)6-7-12-8(11)4-5-9/h4,6-7H2,1-3H3/q+1. The molecular weight excluding hydrogens is 156 g/mol. The number of carbonyl (C=O) groups excluding carboxylic acids is 1. The number of ether oxygens (including phenoxy) is 1. The predicted octanol–water partition coefficient (Wildman–Crippen LogP) is 0.149. The molecule has 0 aromatic heterocycles. The number of nitriles is 1. The van der Waals surface area contributed by atoms with E-state index in [2.05, 4.69) is 0 Å². The van der Waals surface area contributed by atoms with Crippen molar-refractivity contribution in [2.75, 3.05) is 34.3 Å². The van der Waals surface area contributed by atoms with Crippen LogP contribution in [0.4, 0.5) is 0 Å². The number of carbonyl (C=O) groups is 1. The molecule has 0 aliphatic rings. The molecule has 0 bridgehead atoms. The van der Waals surface area contributed by atoms with Crippen LogP contribution in [0.1, 0.15) is 6.42 Å². The van der Waals surface area contributed by atoms with E-state index in [1.165, 1.54) is 0 Å². The number of likely N-dealkylation sites (N-methyl/N-ethyl adjacent to an activating group) is 1. The topological polar surface area (TPSA) is 50.1 Å². The van der Waals surface area contributed by atoms with Crippen molar-refractivity contribution in [2.45, 2.75) is 6.42 Å².